The topological polar surface area (TPSA) is 60.8 Å². The second-order valence-corrected chi connectivity index (χ2v) is 4.29. The molecule has 0 aliphatic heterocycles. The van der Waals surface area contributed by atoms with Crippen LogP contribution in [0.3, 0.4) is 0 Å². The van der Waals surface area contributed by atoms with Crippen molar-refractivity contribution < 1.29 is 28.2 Å². The fourth-order valence-corrected chi connectivity index (χ4v) is 1.69. The molecule has 0 aromatic heterocycles. The van der Waals surface area contributed by atoms with Gasteiger partial charge in [-0.1, -0.05) is 17.7 Å². The van der Waals surface area contributed by atoms with Gasteiger partial charge in [-0.3, -0.25) is 9.69 Å². The minimum atomic E-state index is -4.49. The van der Waals surface area contributed by atoms with Crippen LogP contribution in [0, 0.1) is 6.92 Å². The van der Waals surface area contributed by atoms with Crippen molar-refractivity contribution in [2.45, 2.75) is 19.6 Å². The van der Waals surface area contributed by atoms with Crippen molar-refractivity contribution in [1.29, 1.82) is 0 Å². The summed E-state index contributed by atoms with van der Waals surface area (Å²) >= 11 is 0. The van der Waals surface area contributed by atoms with Gasteiger partial charge in [0, 0.05) is 12.1 Å². The summed E-state index contributed by atoms with van der Waals surface area (Å²) in [6.07, 6.45) is -4.49. The van der Waals surface area contributed by atoms with Gasteiger partial charge in [-0.15, -0.1) is 0 Å². The summed E-state index contributed by atoms with van der Waals surface area (Å²) in [6.45, 7) is -0.632. The Morgan fingerprint density at radius 2 is 2.00 bits per heavy atom. The van der Waals surface area contributed by atoms with E-state index in [-0.39, 0.29) is 17.9 Å². The number of phenolic OH excluding ortho intramolecular Hbond substituents is 1. The Kier molecular flexibility index (Phi) is 4.77. The molecule has 0 fully saturated rings. The lowest BCUT2D eigenvalue weighted by atomic mass is 10.1. The van der Waals surface area contributed by atoms with Crippen LogP contribution in [0.1, 0.15) is 11.1 Å². The zero-order valence-electron chi connectivity index (χ0n) is 10.2. The number of phenols is 1. The molecule has 7 heteroatoms. The highest BCUT2D eigenvalue weighted by Crippen LogP contribution is 2.23. The van der Waals surface area contributed by atoms with Crippen molar-refractivity contribution in [3.63, 3.8) is 0 Å². The van der Waals surface area contributed by atoms with Crippen molar-refractivity contribution >= 4 is 5.97 Å². The van der Waals surface area contributed by atoms with Crippen molar-refractivity contribution in [1.82, 2.24) is 4.90 Å². The summed E-state index contributed by atoms with van der Waals surface area (Å²) in [5, 5.41) is 18.2. The Hall–Kier alpha value is -1.76. The number of benzene rings is 1. The lowest BCUT2D eigenvalue weighted by molar-refractivity contribution is -0.154. The zero-order chi connectivity index (χ0) is 14.6. The molecule has 0 aliphatic carbocycles. The van der Waals surface area contributed by atoms with E-state index in [9.17, 15) is 23.1 Å². The number of halogens is 3. The normalized spacial score (nSPS) is 11.8. The molecule has 0 amide bonds. The first-order chi connectivity index (χ1) is 8.67. The molecule has 1 aromatic rings. The predicted molar refractivity (Wildman–Crippen MR) is 61.8 cm³/mol. The molecular weight excluding hydrogens is 263 g/mol. The summed E-state index contributed by atoms with van der Waals surface area (Å²) in [5.74, 6) is -1.50. The standard InChI is InChI=1S/C12H14F3NO3/c1-8-2-3-10(17)9(4-8)5-16(6-11(18)19)7-12(13,14)15/h2-4,17H,5-7H2,1H3,(H,18,19). The summed E-state index contributed by atoms with van der Waals surface area (Å²) < 4.78 is 37.0. The molecule has 4 nitrogen and oxygen atoms in total. The van der Waals surface area contributed by atoms with E-state index in [2.05, 4.69) is 0 Å². The minimum Gasteiger partial charge on any atom is -0.508 e. The third-order valence-electron chi connectivity index (χ3n) is 2.39. The van der Waals surface area contributed by atoms with Gasteiger partial charge in [-0.2, -0.15) is 13.2 Å². The number of rotatable bonds is 5. The first-order valence-corrected chi connectivity index (χ1v) is 5.47. The Morgan fingerprint density at radius 3 is 2.53 bits per heavy atom. The molecule has 0 saturated carbocycles. The van der Waals surface area contributed by atoms with E-state index >= 15 is 0 Å². The van der Waals surface area contributed by atoms with Crippen LogP contribution < -0.4 is 0 Å². The molecule has 1 rings (SSSR count). The third-order valence-corrected chi connectivity index (χ3v) is 2.39. The fraction of sp³-hybridized carbons (Fsp3) is 0.417. The predicted octanol–water partition coefficient (Wildman–Crippen LogP) is 2.15. The van der Waals surface area contributed by atoms with Gasteiger partial charge in [0.25, 0.3) is 0 Å². The van der Waals surface area contributed by atoms with Crippen LogP contribution in [0.4, 0.5) is 13.2 Å². The third kappa shape index (κ3) is 5.60. The smallest absolute Gasteiger partial charge is 0.401 e. The highest BCUT2D eigenvalue weighted by molar-refractivity contribution is 5.69. The molecule has 0 radical (unpaired) electrons. The quantitative estimate of drug-likeness (QED) is 0.865. The number of carbonyl (C=O) groups is 1. The second kappa shape index (κ2) is 5.92. The van der Waals surface area contributed by atoms with Crippen molar-refractivity contribution in [2.24, 2.45) is 0 Å². The van der Waals surface area contributed by atoms with Crippen molar-refractivity contribution in [3.8, 4) is 5.75 Å². The van der Waals surface area contributed by atoms with Crippen molar-refractivity contribution in [3.05, 3.63) is 29.3 Å². The van der Waals surface area contributed by atoms with Crippen LogP contribution in [0.25, 0.3) is 0 Å². The van der Waals surface area contributed by atoms with E-state index in [4.69, 9.17) is 5.11 Å². The largest absolute Gasteiger partial charge is 0.508 e. The first kappa shape index (κ1) is 15.3. The lowest BCUT2D eigenvalue weighted by Crippen LogP contribution is -2.37. The summed E-state index contributed by atoms with van der Waals surface area (Å²) in [4.78, 5) is 11.3. The molecule has 19 heavy (non-hydrogen) atoms. The van der Waals surface area contributed by atoms with Crippen LogP contribution in [-0.2, 0) is 11.3 Å². The highest BCUT2D eigenvalue weighted by Gasteiger charge is 2.31. The summed E-state index contributed by atoms with van der Waals surface area (Å²) in [7, 11) is 0. The summed E-state index contributed by atoms with van der Waals surface area (Å²) in [5.41, 5.74) is 1.04. The molecule has 0 spiro atoms. The molecule has 106 valence electrons. The van der Waals surface area contributed by atoms with Gasteiger partial charge < -0.3 is 10.2 Å². The van der Waals surface area contributed by atoms with Crippen LogP contribution in [0.2, 0.25) is 0 Å². The number of nitrogens with zero attached hydrogens (tertiary/aromatic N) is 1. The number of aliphatic carboxylic acids is 1. The fourth-order valence-electron chi connectivity index (χ4n) is 1.69. The average Bonchev–Trinajstić information content (AvgIpc) is 2.20. The molecule has 2 N–H and O–H groups in total. The average molecular weight is 277 g/mol. The maximum absolute atomic E-state index is 12.3. The Morgan fingerprint density at radius 1 is 1.37 bits per heavy atom. The van der Waals surface area contributed by atoms with Crippen molar-refractivity contribution in [2.75, 3.05) is 13.1 Å². The number of aromatic hydroxyl groups is 1. The van der Waals surface area contributed by atoms with Gasteiger partial charge >= 0.3 is 12.1 Å². The minimum absolute atomic E-state index is 0.150. The first-order valence-electron chi connectivity index (χ1n) is 5.47. The van der Waals surface area contributed by atoms with E-state index in [1.807, 2.05) is 0 Å². The van der Waals surface area contributed by atoms with Gasteiger partial charge in [-0.05, 0) is 13.0 Å². The van der Waals surface area contributed by atoms with Gasteiger partial charge in [0.1, 0.15) is 5.75 Å². The molecule has 0 saturated heterocycles. The van der Waals surface area contributed by atoms with Crippen LogP contribution >= 0.6 is 0 Å². The maximum Gasteiger partial charge on any atom is 0.401 e. The van der Waals surface area contributed by atoms with Gasteiger partial charge in [0.2, 0.25) is 0 Å². The van der Waals surface area contributed by atoms with E-state index in [0.717, 1.165) is 10.5 Å². The van der Waals surface area contributed by atoms with E-state index in [1.165, 1.54) is 12.1 Å². The van der Waals surface area contributed by atoms with Crippen LogP contribution in [-0.4, -0.2) is 40.3 Å². The summed E-state index contributed by atoms with van der Waals surface area (Å²) in [6, 6.07) is 4.52. The lowest BCUT2D eigenvalue weighted by Gasteiger charge is -2.22. The highest BCUT2D eigenvalue weighted by atomic mass is 19.4. The molecule has 0 atom stereocenters. The number of aryl methyl sites for hydroxylation is 1. The van der Waals surface area contributed by atoms with Gasteiger partial charge in [0.15, 0.2) is 0 Å². The molecular formula is C12H14F3NO3. The number of hydrogen-bond acceptors (Lipinski definition) is 3. The Bertz CT molecular complexity index is 460. The zero-order valence-corrected chi connectivity index (χ0v) is 10.2. The number of carboxylic acid groups (broad SMARTS) is 1. The van der Waals surface area contributed by atoms with E-state index in [0.29, 0.717) is 0 Å². The second-order valence-electron chi connectivity index (χ2n) is 4.29. The monoisotopic (exact) mass is 277 g/mol. The molecule has 0 bridgehead atoms. The van der Waals surface area contributed by atoms with Crippen LogP contribution in [0.5, 0.6) is 5.75 Å². The Labute approximate surface area is 108 Å². The molecule has 1 aromatic carbocycles. The number of hydrogen-bond donors (Lipinski definition) is 2. The molecule has 0 aliphatic rings. The Balaban J connectivity index is 2.87. The van der Waals surface area contributed by atoms with Gasteiger partial charge in [0.05, 0.1) is 13.1 Å². The van der Waals surface area contributed by atoms with E-state index in [1.54, 1.807) is 13.0 Å². The molecule has 0 heterocycles. The van der Waals surface area contributed by atoms with Crippen LogP contribution in [0.15, 0.2) is 18.2 Å². The maximum atomic E-state index is 12.3. The van der Waals surface area contributed by atoms with Gasteiger partial charge in [-0.25, -0.2) is 0 Å². The van der Waals surface area contributed by atoms with E-state index < -0.39 is 25.2 Å². The molecule has 0 unspecified atom stereocenters. The number of carboxylic acids is 1. The number of alkyl halides is 3. The SMILES string of the molecule is Cc1ccc(O)c(CN(CC(=O)O)CC(F)(F)F)c1.